The van der Waals surface area contributed by atoms with Crippen molar-refractivity contribution in [2.24, 2.45) is 0 Å². The van der Waals surface area contributed by atoms with Crippen molar-refractivity contribution in [3.8, 4) is 11.5 Å². The predicted molar refractivity (Wildman–Crippen MR) is 176 cm³/mol. The molecule has 0 aromatic heterocycles. The number of benzene rings is 2. The molecule has 10 nitrogen and oxygen atoms in total. The first-order valence-electron chi connectivity index (χ1n) is 16.2. The van der Waals surface area contributed by atoms with Crippen LogP contribution in [0.25, 0.3) is 0 Å². The summed E-state index contributed by atoms with van der Waals surface area (Å²) in [5.41, 5.74) is 2.83. The van der Waals surface area contributed by atoms with Crippen molar-refractivity contribution in [2.75, 3.05) is 79.3 Å². The summed E-state index contributed by atoms with van der Waals surface area (Å²) in [5, 5.41) is 3.69. The van der Waals surface area contributed by atoms with Crippen molar-refractivity contribution in [1.29, 1.82) is 0 Å². The van der Waals surface area contributed by atoms with E-state index in [4.69, 9.17) is 28.4 Å². The Bertz CT molecular complexity index is 1190. The van der Waals surface area contributed by atoms with Gasteiger partial charge in [0.15, 0.2) is 0 Å². The summed E-state index contributed by atoms with van der Waals surface area (Å²) in [6, 6.07) is 14.9. The number of rotatable bonds is 16. The number of carbonyl (C=O) groups excluding carboxylic acids is 1. The van der Waals surface area contributed by atoms with Crippen molar-refractivity contribution in [1.82, 2.24) is 10.2 Å². The molecular formula is C35H53N3O7. The van der Waals surface area contributed by atoms with E-state index in [1.54, 1.807) is 28.3 Å². The minimum atomic E-state index is -0.614. The van der Waals surface area contributed by atoms with Crippen LogP contribution in [-0.4, -0.2) is 103 Å². The summed E-state index contributed by atoms with van der Waals surface area (Å²) >= 11 is 0. The van der Waals surface area contributed by atoms with Gasteiger partial charge < -0.3 is 43.5 Å². The molecule has 3 atom stereocenters. The van der Waals surface area contributed by atoms with Crippen LogP contribution in [0.3, 0.4) is 0 Å². The molecule has 0 aliphatic carbocycles. The fraction of sp³-hybridized carbons (Fsp3) is 0.629. The van der Waals surface area contributed by atoms with Gasteiger partial charge in [-0.1, -0.05) is 18.2 Å². The molecule has 2 aliphatic heterocycles. The summed E-state index contributed by atoms with van der Waals surface area (Å²) < 4.78 is 34.7. The third-order valence-corrected chi connectivity index (χ3v) is 8.35. The molecule has 10 heteroatoms. The predicted octanol–water partition coefficient (Wildman–Crippen LogP) is 5.24. The lowest BCUT2D eigenvalue weighted by molar-refractivity contribution is -0.0179. The molecule has 4 rings (SSSR count). The molecule has 0 radical (unpaired) electrons. The molecule has 1 amide bonds. The zero-order chi connectivity index (χ0) is 32.2. The Balaban J connectivity index is 1.46. The first kappa shape index (κ1) is 34.8. The molecule has 1 N–H and O–H groups in total. The van der Waals surface area contributed by atoms with Gasteiger partial charge in [-0.15, -0.1) is 0 Å². The van der Waals surface area contributed by atoms with Crippen molar-refractivity contribution in [3.05, 3.63) is 53.6 Å². The number of nitrogens with one attached hydrogen (secondary N) is 1. The van der Waals surface area contributed by atoms with Crippen molar-refractivity contribution < 1.29 is 33.2 Å². The lowest BCUT2D eigenvalue weighted by atomic mass is 9.81. The number of fused-ring (bicyclic) bond motifs is 1. The van der Waals surface area contributed by atoms with E-state index >= 15 is 0 Å². The monoisotopic (exact) mass is 627 g/mol. The summed E-state index contributed by atoms with van der Waals surface area (Å²) in [4.78, 5) is 16.1. The van der Waals surface area contributed by atoms with Gasteiger partial charge in [0.05, 0.1) is 31.5 Å². The Morgan fingerprint density at radius 3 is 2.53 bits per heavy atom. The fourth-order valence-electron chi connectivity index (χ4n) is 6.06. The Labute approximate surface area is 269 Å². The molecule has 2 aliphatic rings. The standard InChI is InChI=1S/C35H53N3O7/c1-35(2,45-34(39)37(3)4)23-28-22-30(27-10-12-29(13-11-27)42-19-8-18-41-6)33(24-36-28)44-25-26-9-14-32-31(21-26)38(16-20-43-32)15-7-17-40-5/h9-14,21,28,30,33,36H,7-8,15-20,22-25H2,1-6H3/t28-,30-,33+/m1/s1. The number of amides is 1. The Morgan fingerprint density at radius 2 is 1.80 bits per heavy atom. The number of methoxy groups -OCH3 is 2. The number of hydrogen-bond acceptors (Lipinski definition) is 9. The second kappa shape index (κ2) is 17.0. The molecule has 2 aromatic carbocycles. The first-order chi connectivity index (χ1) is 21.7. The van der Waals surface area contributed by atoms with Crippen molar-refractivity contribution in [2.45, 2.75) is 69.8 Å². The molecule has 0 saturated carbocycles. The number of hydrogen-bond donors (Lipinski definition) is 1. The van der Waals surface area contributed by atoms with Gasteiger partial charge in [-0.3, -0.25) is 0 Å². The van der Waals surface area contributed by atoms with E-state index in [1.165, 1.54) is 10.5 Å². The van der Waals surface area contributed by atoms with Crippen LogP contribution in [0.2, 0.25) is 0 Å². The number of piperidine rings is 1. The molecule has 1 saturated heterocycles. The molecule has 1 fully saturated rings. The largest absolute Gasteiger partial charge is 0.494 e. The maximum absolute atomic E-state index is 12.3. The van der Waals surface area contributed by atoms with Crippen molar-refractivity contribution in [3.63, 3.8) is 0 Å². The zero-order valence-electron chi connectivity index (χ0n) is 28.0. The zero-order valence-corrected chi connectivity index (χ0v) is 28.0. The highest BCUT2D eigenvalue weighted by molar-refractivity contribution is 5.67. The molecule has 2 heterocycles. The maximum Gasteiger partial charge on any atom is 0.409 e. The second-order valence-electron chi connectivity index (χ2n) is 12.8. The van der Waals surface area contributed by atoms with E-state index in [-0.39, 0.29) is 24.2 Å². The van der Waals surface area contributed by atoms with Crippen LogP contribution in [0, 0.1) is 0 Å². The van der Waals surface area contributed by atoms with Gasteiger partial charge in [-0.2, -0.15) is 0 Å². The maximum atomic E-state index is 12.3. The van der Waals surface area contributed by atoms with E-state index in [0.29, 0.717) is 39.4 Å². The van der Waals surface area contributed by atoms with Crippen LogP contribution in [0.5, 0.6) is 11.5 Å². The van der Waals surface area contributed by atoms with Crippen LogP contribution >= 0.6 is 0 Å². The Morgan fingerprint density at radius 1 is 1.04 bits per heavy atom. The van der Waals surface area contributed by atoms with Crippen LogP contribution in [-0.2, 0) is 25.6 Å². The molecule has 250 valence electrons. The molecular weight excluding hydrogens is 574 g/mol. The molecule has 2 aromatic rings. The molecule has 0 bridgehead atoms. The van der Waals surface area contributed by atoms with E-state index in [2.05, 4.69) is 40.5 Å². The summed E-state index contributed by atoms with van der Waals surface area (Å²) in [5.74, 6) is 1.93. The van der Waals surface area contributed by atoms with Gasteiger partial charge >= 0.3 is 6.09 Å². The van der Waals surface area contributed by atoms with Gasteiger partial charge in [-0.05, 0) is 62.1 Å². The lowest BCUT2D eigenvalue weighted by Gasteiger charge is -2.40. The summed E-state index contributed by atoms with van der Waals surface area (Å²) in [6.07, 6.45) is 3.00. The van der Waals surface area contributed by atoms with Crippen LogP contribution < -0.4 is 19.7 Å². The smallest absolute Gasteiger partial charge is 0.409 e. The van der Waals surface area contributed by atoms with Gasteiger partial charge in [-0.25, -0.2) is 4.79 Å². The Hall–Kier alpha value is -3.05. The van der Waals surface area contributed by atoms with Gasteiger partial charge in [0, 0.05) is 79.4 Å². The average molecular weight is 628 g/mol. The highest BCUT2D eigenvalue weighted by atomic mass is 16.6. The van der Waals surface area contributed by atoms with Gasteiger partial charge in [0.2, 0.25) is 0 Å². The first-order valence-corrected chi connectivity index (χ1v) is 16.2. The number of anilines is 1. The third kappa shape index (κ3) is 10.5. The number of carbonyl (C=O) groups is 1. The highest BCUT2D eigenvalue weighted by Gasteiger charge is 2.36. The average Bonchev–Trinajstić information content (AvgIpc) is 3.02. The molecule has 45 heavy (non-hydrogen) atoms. The minimum Gasteiger partial charge on any atom is -0.494 e. The normalized spacial score (nSPS) is 19.9. The molecule has 0 unspecified atom stereocenters. The van der Waals surface area contributed by atoms with Crippen LogP contribution in [0.4, 0.5) is 10.5 Å². The van der Waals surface area contributed by atoms with E-state index in [0.717, 1.165) is 61.7 Å². The third-order valence-electron chi connectivity index (χ3n) is 8.35. The van der Waals surface area contributed by atoms with Gasteiger partial charge in [0.25, 0.3) is 0 Å². The van der Waals surface area contributed by atoms with E-state index < -0.39 is 5.60 Å². The number of nitrogens with zero attached hydrogens (tertiary/aromatic N) is 2. The van der Waals surface area contributed by atoms with Gasteiger partial charge in [0.1, 0.15) is 23.7 Å². The van der Waals surface area contributed by atoms with Crippen molar-refractivity contribution >= 4 is 11.8 Å². The lowest BCUT2D eigenvalue weighted by Crippen LogP contribution is -2.50. The Kier molecular flexibility index (Phi) is 13.2. The van der Waals surface area contributed by atoms with E-state index in [1.807, 2.05) is 26.0 Å². The summed E-state index contributed by atoms with van der Waals surface area (Å²) in [6.45, 7) is 9.65. The molecule has 0 spiro atoms. The highest BCUT2D eigenvalue weighted by Crippen LogP contribution is 2.36. The van der Waals surface area contributed by atoms with Crippen LogP contribution in [0.15, 0.2) is 42.5 Å². The minimum absolute atomic E-state index is 0.0350. The second-order valence-corrected chi connectivity index (χ2v) is 12.8. The van der Waals surface area contributed by atoms with E-state index in [9.17, 15) is 4.79 Å². The number of ether oxygens (including phenoxy) is 6. The summed E-state index contributed by atoms with van der Waals surface area (Å²) in [7, 11) is 6.85. The fourth-order valence-corrected chi connectivity index (χ4v) is 6.06. The quantitative estimate of drug-likeness (QED) is 0.251. The van der Waals surface area contributed by atoms with Crippen LogP contribution in [0.1, 0.15) is 56.6 Å². The topological polar surface area (TPSA) is 91.0 Å². The SMILES string of the molecule is COCCCOc1ccc([C@H]2C[C@H](CC(C)(C)OC(=O)N(C)C)NC[C@@H]2OCc2ccc3c(c2)N(CCCOC)CCO3)cc1.